The number of hydrogen-bond acceptors (Lipinski definition) is 3. The van der Waals surface area contributed by atoms with E-state index in [2.05, 4.69) is 47.4 Å². The highest BCUT2D eigenvalue weighted by Crippen LogP contribution is 2.35. The Labute approximate surface area is 137 Å². The van der Waals surface area contributed by atoms with Crippen LogP contribution in [0.5, 0.6) is 11.5 Å². The Bertz CT molecular complexity index is 669. The second-order valence-electron chi connectivity index (χ2n) is 6.38. The van der Waals surface area contributed by atoms with E-state index in [1.165, 1.54) is 23.1 Å². The number of nitrogens with zero attached hydrogens (tertiary/aromatic N) is 1. The molecule has 3 nitrogen and oxygen atoms in total. The van der Waals surface area contributed by atoms with E-state index in [1.807, 2.05) is 0 Å². The van der Waals surface area contributed by atoms with E-state index in [1.54, 1.807) is 0 Å². The molecule has 2 aliphatic heterocycles. The topological polar surface area (TPSA) is 21.7 Å². The zero-order valence-electron chi connectivity index (χ0n) is 13.5. The molecular weight excluding hydrogens is 286 g/mol. The molecule has 2 heterocycles. The summed E-state index contributed by atoms with van der Waals surface area (Å²) in [4.78, 5) is 2.56. The van der Waals surface area contributed by atoms with E-state index in [0.717, 1.165) is 44.0 Å². The molecule has 0 radical (unpaired) electrons. The van der Waals surface area contributed by atoms with E-state index >= 15 is 0 Å². The van der Waals surface area contributed by atoms with Crippen molar-refractivity contribution in [2.45, 2.75) is 25.8 Å². The van der Waals surface area contributed by atoms with Gasteiger partial charge >= 0.3 is 0 Å². The Morgan fingerprint density at radius 1 is 0.913 bits per heavy atom. The molecule has 2 aromatic carbocycles. The van der Waals surface area contributed by atoms with Crippen LogP contribution in [0.4, 0.5) is 0 Å². The van der Waals surface area contributed by atoms with Gasteiger partial charge in [-0.05, 0) is 54.6 Å². The number of fused-ring (bicyclic) bond motifs is 2. The van der Waals surface area contributed by atoms with Crippen molar-refractivity contribution < 1.29 is 9.47 Å². The van der Waals surface area contributed by atoms with E-state index in [4.69, 9.17) is 9.47 Å². The molecule has 23 heavy (non-hydrogen) atoms. The number of rotatable bonds is 4. The minimum atomic E-state index is 0.659. The maximum Gasteiger partial charge on any atom is 0.161 e. The van der Waals surface area contributed by atoms with Gasteiger partial charge in [-0.2, -0.15) is 0 Å². The fourth-order valence-corrected chi connectivity index (χ4v) is 3.49. The molecule has 0 saturated carbocycles. The average molecular weight is 309 g/mol. The van der Waals surface area contributed by atoms with Crippen LogP contribution in [0, 0.1) is 0 Å². The van der Waals surface area contributed by atoms with E-state index < -0.39 is 0 Å². The first kappa shape index (κ1) is 14.6. The number of benzene rings is 2. The van der Waals surface area contributed by atoms with Crippen molar-refractivity contribution in [3.63, 3.8) is 0 Å². The summed E-state index contributed by atoms with van der Waals surface area (Å²) in [6.45, 7) is 4.65. The van der Waals surface area contributed by atoms with Gasteiger partial charge in [0.05, 0.1) is 0 Å². The predicted molar refractivity (Wildman–Crippen MR) is 91.2 cm³/mol. The number of aryl methyl sites for hydroxylation is 1. The van der Waals surface area contributed by atoms with Gasteiger partial charge in [-0.1, -0.05) is 30.3 Å². The number of hydrogen-bond donors (Lipinski definition) is 0. The van der Waals surface area contributed by atoms with Crippen molar-refractivity contribution in [3.8, 4) is 11.5 Å². The van der Waals surface area contributed by atoms with Gasteiger partial charge in [-0.3, -0.25) is 4.90 Å². The highest BCUT2D eigenvalue weighted by atomic mass is 16.6. The minimum Gasteiger partial charge on any atom is -0.486 e. The third-order valence-electron chi connectivity index (χ3n) is 4.74. The molecule has 0 bridgehead atoms. The summed E-state index contributed by atoms with van der Waals surface area (Å²) in [5.74, 6) is 1.84. The maximum atomic E-state index is 5.72. The lowest BCUT2D eigenvalue weighted by atomic mass is 9.98. The standard InChI is InChI=1S/C20H23NO2/c1-2-5-16(6-3-1)7-4-9-21-10-8-17-13-19-20(14-18(17)15-21)23-12-11-22-19/h1-3,5-6,13-14H,4,7-12,15H2. The van der Waals surface area contributed by atoms with Gasteiger partial charge in [0.25, 0.3) is 0 Å². The lowest BCUT2D eigenvalue weighted by Crippen LogP contribution is -2.32. The Balaban J connectivity index is 1.37. The molecule has 0 unspecified atom stereocenters. The molecule has 0 amide bonds. The van der Waals surface area contributed by atoms with E-state index in [0.29, 0.717) is 13.2 Å². The van der Waals surface area contributed by atoms with Crippen molar-refractivity contribution in [3.05, 3.63) is 59.2 Å². The zero-order chi connectivity index (χ0) is 15.5. The van der Waals surface area contributed by atoms with Crippen molar-refractivity contribution in [2.75, 3.05) is 26.3 Å². The molecule has 120 valence electrons. The first-order valence-corrected chi connectivity index (χ1v) is 8.56. The molecule has 0 atom stereocenters. The Morgan fingerprint density at radius 2 is 1.65 bits per heavy atom. The Kier molecular flexibility index (Phi) is 4.20. The first-order valence-electron chi connectivity index (χ1n) is 8.56. The molecule has 0 aliphatic carbocycles. The van der Waals surface area contributed by atoms with E-state index in [-0.39, 0.29) is 0 Å². The predicted octanol–water partition coefficient (Wildman–Crippen LogP) is 3.45. The molecule has 2 aromatic rings. The van der Waals surface area contributed by atoms with Crippen molar-refractivity contribution in [1.29, 1.82) is 0 Å². The molecule has 4 rings (SSSR count). The maximum absolute atomic E-state index is 5.72. The molecule has 0 spiro atoms. The third-order valence-corrected chi connectivity index (χ3v) is 4.74. The van der Waals surface area contributed by atoms with Crippen LogP contribution in [0.25, 0.3) is 0 Å². The lowest BCUT2D eigenvalue weighted by Gasteiger charge is -2.30. The second-order valence-corrected chi connectivity index (χ2v) is 6.38. The number of ether oxygens (including phenoxy) is 2. The van der Waals surface area contributed by atoms with Crippen LogP contribution in [-0.4, -0.2) is 31.2 Å². The van der Waals surface area contributed by atoms with Crippen molar-refractivity contribution in [1.82, 2.24) is 4.90 Å². The van der Waals surface area contributed by atoms with Gasteiger partial charge < -0.3 is 9.47 Å². The molecule has 2 aliphatic rings. The van der Waals surface area contributed by atoms with Gasteiger partial charge in [0, 0.05) is 13.1 Å². The van der Waals surface area contributed by atoms with E-state index in [9.17, 15) is 0 Å². The molecule has 3 heteroatoms. The van der Waals surface area contributed by atoms with Crippen LogP contribution in [-0.2, 0) is 19.4 Å². The van der Waals surface area contributed by atoms with Crippen LogP contribution in [0.2, 0.25) is 0 Å². The summed E-state index contributed by atoms with van der Waals surface area (Å²) in [7, 11) is 0. The normalized spacial score (nSPS) is 16.9. The summed E-state index contributed by atoms with van der Waals surface area (Å²) in [6, 6.07) is 15.1. The van der Waals surface area contributed by atoms with Gasteiger partial charge in [0.2, 0.25) is 0 Å². The van der Waals surface area contributed by atoms with Gasteiger partial charge in [0.15, 0.2) is 11.5 Å². The van der Waals surface area contributed by atoms with Gasteiger partial charge in [0.1, 0.15) is 13.2 Å². The van der Waals surface area contributed by atoms with Crippen molar-refractivity contribution >= 4 is 0 Å². The van der Waals surface area contributed by atoms with Crippen LogP contribution in [0.15, 0.2) is 42.5 Å². The summed E-state index contributed by atoms with van der Waals surface area (Å²) in [5, 5.41) is 0. The molecule has 0 fully saturated rings. The molecule has 0 saturated heterocycles. The monoisotopic (exact) mass is 309 g/mol. The zero-order valence-corrected chi connectivity index (χ0v) is 13.5. The van der Waals surface area contributed by atoms with Gasteiger partial charge in [-0.25, -0.2) is 0 Å². The smallest absolute Gasteiger partial charge is 0.161 e. The summed E-state index contributed by atoms with van der Waals surface area (Å²) in [6.07, 6.45) is 3.48. The highest BCUT2D eigenvalue weighted by molar-refractivity contribution is 5.48. The Hall–Kier alpha value is -2.00. The largest absolute Gasteiger partial charge is 0.486 e. The van der Waals surface area contributed by atoms with Crippen LogP contribution in [0.1, 0.15) is 23.1 Å². The summed E-state index contributed by atoms with van der Waals surface area (Å²) in [5.41, 5.74) is 4.26. The van der Waals surface area contributed by atoms with Crippen LogP contribution < -0.4 is 9.47 Å². The third kappa shape index (κ3) is 3.35. The second kappa shape index (κ2) is 6.63. The van der Waals surface area contributed by atoms with Crippen LogP contribution >= 0.6 is 0 Å². The summed E-state index contributed by atoms with van der Waals surface area (Å²) >= 11 is 0. The minimum absolute atomic E-state index is 0.659. The summed E-state index contributed by atoms with van der Waals surface area (Å²) < 4.78 is 11.4. The first-order chi connectivity index (χ1) is 11.4. The van der Waals surface area contributed by atoms with Gasteiger partial charge in [-0.15, -0.1) is 0 Å². The average Bonchev–Trinajstić information content (AvgIpc) is 2.61. The SMILES string of the molecule is c1ccc(CCCN2CCc3cc4c(cc3C2)OCCO4)cc1. The Morgan fingerprint density at radius 3 is 2.43 bits per heavy atom. The molecule has 0 aromatic heterocycles. The molecule has 0 N–H and O–H groups in total. The van der Waals surface area contributed by atoms with Crippen molar-refractivity contribution in [2.24, 2.45) is 0 Å². The highest BCUT2D eigenvalue weighted by Gasteiger charge is 2.21. The fraction of sp³-hybridized carbons (Fsp3) is 0.400. The quantitative estimate of drug-likeness (QED) is 0.863. The molecular formula is C20H23NO2. The lowest BCUT2D eigenvalue weighted by molar-refractivity contribution is 0.170. The van der Waals surface area contributed by atoms with Crippen LogP contribution in [0.3, 0.4) is 0 Å². The fourth-order valence-electron chi connectivity index (χ4n) is 3.49.